The number of carbonyl (C=O) groups excluding carboxylic acids is 1. The molecule has 0 atom stereocenters. The molecule has 0 fully saturated rings. The molecule has 0 spiro atoms. The predicted octanol–water partition coefficient (Wildman–Crippen LogP) is 4.06. The second-order valence-electron chi connectivity index (χ2n) is 5.10. The van der Waals surface area contributed by atoms with E-state index in [2.05, 4.69) is 39.8 Å². The van der Waals surface area contributed by atoms with Crippen molar-refractivity contribution in [3.05, 3.63) is 63.1 Å². The van der Waals surface area contributed by atoms with Crippen LogP contribution in [0, 0.1) is 10.5 Å². The Bertz CT molecular complexity index is 837. The quantitative estimate of drug-likeness (QED) is 0.669. The van der Waals surface area contributed by atoms with Crippen LogP contribution < -0.4 is 5.32 Å². The third-order valence-electron chi connectivity index (χ3n) is 3.65. The Morgan fingerprint density at radius 3 is 2.64 bits per heavy atom. The molecule has 3 rings (SSSR count). The van der Waals surface area contributed by atoms with Gasteiger partial charge in [0, 0.05) is 21.1 Å². The average molecular weight is 405 g/mol. The number of pyridine rings is 1. The number of fused-ring (bicyclic) bond motifs is 1. The highest BCUT2D eigenvalue weighted by Gasteiger charge is 2.11. The minimum atomic E-state index is -0.116. The number of nitrogens with one attached hydrogen (secondary N) is 1. The van der Waals surface area contributed by atoms with E-state index in [1.165, 1.54) is 0 Å². The number of nitrogens with zero attached hydrogens (tertiary/aromatic N) is 2. The van der Waals surface area contributed by atoms with Crippen LogP contribution in [0.5, 0.6) is 0 Å². The minimum absolute atomic E-state index is 0.116. The van der Waals surface area contributed by atoms with Gasteiger partial charge in [0.05, 0.1) is 11.3 Å². The third-order valence-corrected chi connectivity index (χ3v) is 4.37. The smallest absolute Gasteiger partial charge is 0.257 e. The van der Waals surface area contributed by atoms with Crippen LogP contribution in [0.15, 0.2) is 42.6 Å². The fraction of sp³-hybridized carbons (Fsp3) is 0.176. The summed E-state index contributed by atoms with van der Waals surface area (Å²) < 4.78 is 3.11. The van der Waals surface area contributed by atoms with Gasteiger partial charge in [-0.25, -0.2) is 4.98 Å². The number of amides is 1. The van der Waals surface area contributed by atoms with Gasteiger partial charge in [-0.3, -0.25) is 4.79 Å². The summed E-state index contributed by atoms with van der Waals surface area (Å²) in [5, 5.41) is 2.91. The number of hydrogen-bond acceptors (Lipinski definition) is 2. The van der Waals surface area contributed by atoms with Crippen molar-refractivity contribution in [3.63, 3.8) is 0 Å². The number of benzene rings is 1. The predicted molar refractivity (Wildman–Crippen MR) is 96.4 cm³/mol. The number of aryl methyl sites for hydroxylation is 2. The summed E-state index contributed by atoms with van der Waals surface area (Å²) in [6.07, 6.45) is 2.73. The van der Waals surface area contributed by atoms with E-state index in [1.807, 2.05) is 53.9 Å². The molecule has 0 unspecified atom stereocenters. The lowest BCUT2D eigenvalue weighted by atomic mass is 10.2. The molecule has 22 heavy (non-hydrogen) atoms. The largest absolute Gasteiger partial charge is 0.322 e. The lowest BCUT2D eigenvalue weighted by Gasteiger charge is -2.06. The van der Waals surface area contributed by atoms with Crippen molar-refractivity contribution < 1.29 is 4.79 Å². The van der Waals surface area contributed by atoms with E-state index in [0.29, 0.717) is 5.56 Å². The fourth-order valence-corrected chi connectivity index (χ4v) is 2.78. The van der Waals surface area contributed by atoms with Crippen LogP contribution in [0.3, 0.4) is 0 Å². The lowest BCUT2D eigenvalue weighted by Crippen LogP contribution is -2.12. The van der Waals surface area contributed by atoms with Crippen molar-refractivity contribution in [1.82, 2.24) is 9.38 Å². The van der Waals surface area contributed by atoms with E-state index in [0.717, 1.165) is 32.7 Å². The van der Waals surface area contributed by atoms with Gasteiger partial charge in [0.1, 0.15) is 5.65 Å². The van der Waals surface area contributed by atoms with Gasteiger partial charge in [0.25, 0.3) is 5.91 Å². The van der Waals surface area contributed by atoms with Crippen LogP contribution in [0.2, 0.25) is 0 Å². The summed E-state index contributed by atoms with van der Waals surface area (Å²) in [5.41, 5.74) is 4.44. The third kappa shape index (κ3) is 2.85. The molecule has 0 aliphatic carbocycles. The molecule has 112 valence electrons. The van der Waals surface area contributed by atoms with Gasteiger partial charge in [-0.1, -0.05) is 6.92 Å². The molecule has 1 aromatic carbocycles. The van der Waals surface area contributed by atoms with Crippen LogP contribution in [-0.2, 0) is 6.42 Å². The van der Waals surface area contributed by atoms with E-state index in [1.54, 1.807) is 0 Å². The number of anilines is 1. The SMILES string of the molecule is CCc1nc2ccc(C(=O)Nc3ccc(I)cc3)cn2c1C. The first-order valence-corrected chi connectivity index (χ1v) is 8.21. The number of hydrogen-bond donors (Lipinski definition) is 1. The van der Waals surface area contributed by atoms with Crippen molar-refractivity contribution in [1.29, 1.82) is 0 Å². The first-order valence-electron chi connectivity index (χ1n) is 7.13. The Kier molecular flexibility index (Phi) is 4.15. The molecular formula is C17H16IN3O. The first-order chi connectivity index (χ1) is 10.6. The van der Waals surface area contributed by atoms with Crippen molar-refractivity contribution in [3.8, 4) is 0 Å². The minimum Gasteiger partial charge on any atom is -0.322 e. The van der Waals surface area contributed by atoms with Crippen molar-refractivity contribution >= 4 is 39.8 Å². The van der Waals surface area contributed by atoms with Crippen LogP contribution in [0.1, 0.15) is 28.7 Å². The Hall–Kier alpha value is -1.89. The molecule has 1 N–H and O–H groups in total. The number of halogens is 1. The second kappa shape index (κ2) is 6.08. The fourth-order valence-electron chi connectivity index (χ4n) is 2.42. The Labute approximate surface area is 142 Å². The van der Waals surface area contributed by atoms with E-state index in [9.17, 15) is 4.79 Å². The summed E-state index contributed by atoms with van der Waals surface area (Å²) in [4.78, 5) is 16.9. The van der Waals surface area contributed by atoms with Crippen LogP contribution in [0.4, 0.5) is 5.69 Å². The molecule has 3 aromatic rings. The number of aromatic nitrogens is 2. The zero-order valence-electron chi connectivity index (χ0n) is 12.4. The molecular weight excluding hydrogens is 389 g/mol. The van der Waals surface area contributed by atoms with E-state index < -0.39 is 0 Å². The Balaban J connectivity index is 1.90. The van der Waals surface area contributed by atoms with Crippen LogP contribution in [0.25, 0.3) is 5.65 Å². The topological polar surface area (TPSA) is 46.4 Å². The van der Waals surface area contributed by atoms with Crippen LogP contribution >= 0.6 is 22.6 Å². The number of imidazole rings is 1. The second-order valence-corrected chi connectivity index (χ2v) is 6.35. The molecule has 0 bridgehead atoms. The summed E-state index contributed by atoms with van der Waals surface area (Å²) in [6.45, 7) is 4.11. The van der Waals surface area contributed by atoms with E-state index >= 15 is 0 Å². The summed E-state index contributed by atoms with van der Waals surface area (Å²) in [7, 11) is 0. The Morgan fingerprint density at radius 1 is 1.23 bits per heavy atom. The summed E-state index contributed by atoms with van der Waals surface area (Å²) in [6, 6.07) is 11.4. The van der Waals surface area contributed by atoms with E-state index in [-0.39, 0.29) is 5.91 Å². The molecule has 4 nitrogen and oxygen atoms in total. The van der Waals surface area contributed by atoms with Crippen molar-refractivity contribution in [2.75, 3.05) is 5.32 Å². The van der Waals surface area contributed by atoms with Gasteiger partial charge < -0.3 is 9.72 Å². The van der Waals surface area contributed by atoms with Crippen molar-refractivity contribution in [2.24, 2.45) is 0 Å². The molecule has 0 aliphatic heterocycles. The lowest BCUT2D eigenvalue weighted by molar-refractivity contribution is 0.102. The van der Waals surface area contributed by atoms with E-state index in [4.69, 9.17) is 0 Å². The van der Waals surface area contributed by atoms with Gasteiger partial charge >= 0.3 is 0 Å². The van der Waals surface area contributed by atoms with Gasteiger partial charge in [0.2, 0.25) is 0 Å². The highest BCUT2D eigenvalue weighted by atomic mass is 127. The molecule has 2 heterocycles. The highest BCUT2D eigenvalue weighted by Crippen LogP contribution is 2.16. The monoisotopic (exact) mass is 405 g/mol. The molecule has 0 radical (unpaired) electrons. The average Bonchev–Trinajstić information content (AvgIpc) is 2.85. The first kappa shape index (κ1) is 15.0. The molecule has 0 aliphatic rings. The summed E-state index contributed by atoms with van der Waals surface area (Å²) in [5.74, 6) is -0.116. The van der Waals surface area contributed by atoms with Gasteiger partial charge in [0.15, 0.2) is 0 Å². The Morgan fingerprint density at radius 2 is 1.95 bits per heavy atom. The highest BCUT2D eigenvalue weighted by molar-refractivity contribution is 14.1. The summed E-state index contributed by atoms with van der Waals surface area (Å²) >= 11 is 2.24. The maximum Gasteiger partial charge on any atom is 0.257 e. The molecule has 2 aromatic heterocycles. The zero-order valence-corrected chi connectivity index (χ0v) is 14.6. The molecule has 0 saturated heterocycles. The maximum absolute atomic E-state index is 12.4. The molecule has 0 saturated carbocycles. The van der Waals surface area contributed by atoms with Gasteiger partial charge in [-0.05, 0) is 72.3 Å². The van der Waals surface area contributed by atoms with Gasteiger partial charge in [-0.15, -0.1) is 0 Å². The standard InChI is InChI=1S/C17H16IN3O/c1-3-15-11(2)21-10-12(4-9-16(21)20-15)17(22)19-14-7-5-13(18)6-8-14/h4-10H,3H2,1-2H3,(H,19,22). The number of carbonyl (C=O) groups is 1. The maximum atomic E-state index is 12.4. The molecule has 1 amide bonds. The normalized spacial score (nSPS) is 10.9. The number of rotatable bonds is 3. The van der Waals surface area contributed by atoms with Crippen LogP contribution in [-0.4, -0.2) is 15.3 Å². The molecule has 5 heteroatoms. The zero-order chi connectivity index (χ0) is 15.7. The van der Waals surface area contributed by atoms with Crippen molar-refractivity contribution in [2.45, 2.75) is 20.3 Å². The van der Waals surface area contributed by atoms with Gasteiger partial charge in [-0.2, -0.15) is 0 Å².